The minimum atomic E-state index is 0.0757. The quantitative estimate of drug-likeness (QED) is 0.610. The van der Waals surface area contributed by atoms with E-state index < -0.39 is 0 Å². The fourth-order valence-electron chi connectivity index (χ4n) is 3.09. The van der Waals surface area contributed by atoms with Crippen molar-refractivity contribution < 1.29 is 5.11 Å². The van der Waals surface area contributed by atoms with Crippen LogP contribution in [0.4, 0.5) is 0 Å². The summed E-state index contributed by atoms with van der Waals surface area (Å²) in [4.78, 5) is 4.83. The number of aliphatic hydroxyl groups is 1. The fraction of sp³-hybridized carbons (Fsp3) is 0.167. The molecular weight excluding hydrogens is 260 g/mol. The standard InChI is InChI=1S/C18H16N2O/c1-12-18(14-8-6-13(11-21)7-9-14)19-17-10-15-4-2-3-5-16(15)20(12)17/h2-9,21H,10-11H2,1H3. The first-order valence-corrected chi connectivity index (χ1v) is 7.14. The van der Waals surface area contributed by atoms with Crippen LogP contribution < -0.4 is 0 Å². The summed E-state index contributed by atoms with van der Waals surface area (Å²) >= 11 is 0. The predicted molar refractivity (Wildman–Crippen MR) is 82.5 cm³/mol. The number of aliphatic hydroxyl groups excluding tert-OH is 1. The molecule has 0 atom stereocenters. The van der Waals surface area contributed by atoms with Crippen LogP contribution in [0.25, 0.3) is 16.9 Å². The first-order chi connectivity index (χ1) is 10.3. The van der Waals surface area contributed by atoms with Gasteiger partial charge in [-0.05, 0) is 24.1 Å². The van der Waals surface area contributed by atoms with Gasteiger partial charge < -0.3 is 5.11 Å². The monoisotopic (exact) mass is 276 g/mol. The number of nitrogens with zero attached hydrogens (tertiary/aromatic N) is 2. The average molecular weight is 276 g/mol. The summed E-state index contributed by atoms with van der Waals surface area (Å²) in [5.41, 5.74) is 6.81. The van der Waals surface area contributed by atoms with Gasteiger partial charge in [-0.2, -0.15) is 0 Å². The molecular formula is C18H16N2O. The van der Waals surface area contributed by atoms with E-state index in [-0.39, 0.29) is 6.61 Å². The van der Waals surface area contributed by atoms with Gasteiger partial charge in [-0.3, -0.25) is 4.57 Å². The largest absolute Gasteiger partial charge is 0.392 e. The lowest BCUT2D eigenvalue weighted by atomic mass is 10.1. The molecule has 2 aromatic carbocycles. The summed E-state index contributed by atoms with van der Waals surface area (Å²) in [6, 6.07) is 16.4. The zero-order chi connectivity index (χ0) is 14.4. The van der Waals surface area contributed by atoms with E-state index in [0.29, 0.717) is 0 Å². The number of para-hydroxylation sites is 1. The number of hydrogen-bond acceptors (Lipinski definition) is 2. The van der Waals surface area contributed by atoms with E-state index in [9.17, 15) is 0 Å². The van der Waals surface area contributed by atoms with Crippen molar-refractivity contribution in [3.05, 3.63) is 71.2 Å². The van der Waals surface area contributed by atoms with Crippen LogP contribution in [0.3, 0.4) is 0 Å². The van der Waals surface area contributed by atoms with Crippen molar-refractivity contribution in [2.24, 2.45) is 0 Å². The first-order valence-electron chi connectivity index (χ1n) is 7.14. The molecule has 1 aliphatic rings. The molecule has 2 heterocycles. The first kappa shape index (κ1) is 12.4. The highest BCUT2D eigenvalue weighted by atomic mass is 16.3. The molecule has 21 heavy (non-hydrogen) atoms. The van der Waals surface area contributed by atoms with Crippen molar-refractivity contribution in [2.75, 3.05) is 0 Å². The second-order valence-electron chi connectivity index (χ2n) is 5.46. The minimum absolute atomic E-state index is 0.0757. The molecule has 3 heteroatoms. The van der Waals surface area contributed by atoms with Crippen LogP contribution in [0, 0.1) is 6.92 Å². The molecule has 3 aromatic rings. The van der Waals surface area contributed by atoms with E-state index >= 15 is 0 Å². The summed E-state index contributed by atoms with van der Waals surface area (Å²) in [5, 5.41) is 9.14. The Hall–Kier alpha value is -2.39. The van der Waals surface area contributed by atoms with E-state index in [1.807, 2.05) is 24.3 Å². The third kappa shape index (κ3) is 1.82. The molecule has 3 nitrogen and oxygen atoms in total. The maximum atomic E-state index is 9.14. The van der Waals surface area contributed by atoms with Gasteiger partial charge in [0.1, 0.15) is 5.82 Å². The van der Waals surface area contributed by atoms with Crippen LogP contribution >= 0.6 is 0 Å². The van der Waals surface area contributed by atoms with Gasteiger partial charge in [0, 0.05) is 17.7 Å². The molecule has 104 valence electrons. The maximum Gasteiger partial charge on any atom is 0.118 e. The van der Waals surface area contributed by atoms with Crippen LogP contribution in [-0.2, 0) is 13.0 Å². The number of imidazole rings is 1. The second kappa shape index (κ2) is 4.57. The Morgan fingerprint density at radius 2 is 1.86 bits per heavy atom. The molecule has 0 amide bonds. The smallest absolute Gasteiger partial charge is 0.118 e. The van der Waals surface area contributed by atoms with Crippen LogP contribution in [0.2, 0.25) is 0 Å². The van der Waals surface area contributed by atoms with Gasteiger partial charge in [-0.15, -0.1) is 0 Å². The summed E-state index contributed by atoms with van der Waals surface area (Å²) < 4.78 is 2.25. The van der Waals surface area contributed by atoms with Crippen molar-refractivity contribution in [1.82, 2.24) is 9.55 Å². The Kier molecular flexibility index (Phi) is 2.69. The molecule has 0 fully saturated rings. The predicted octanol–water partition coefficient (Wildman–Crippen LogP) is 3.24. The third-order valence-corrected chi connectivity index (χ3v) is 4.17. The van der Waals surface area contributed by atoms with Gasteiger partial charge in [-0.25, -0.2) is 4.98 Å². The van der Waals surface area contributed by atoms with Gasteiger partial charge in [0.2, 0.25) is 0 Å². The number of rotatable bonds is 2. The fourth-order valence-corrected chi connectivity index (χ4v) is 3.09. The van der Waals surface area contributed by atoms with Crippen LogP contribution in [0.5, 0.6) is 0 Å². The lowest BCUT2D eigenvalue weighted by Gasteiger charge is -2.06. The maximum absolute atomic E-state index is 9.14. The summed E-state index contributed by atoms with van der Waals surface area (Å²) in [5.74, 6) is 1.11. The Balaban J connectivity index is 1.84. The molecule has 4 rings (SSSR count). The third-order valence-electron chi connectivity index (χ3n) is 4.17. The Morgan fingerprint density at radius 1 is 1.10 bits per heavy atom. The van der Waals surface area contributed by atoms with Crippen molar-refractivity contribution in [2.45, 2.75) is 20.0 Å². The lowest BCUT2D eigenvalue weighted by molar-refractivity contribution is 0.282. The van der Waals surface area contributed by atoms with Gasteiger partial charge in [0.05, 0.1) is 18.0 Å². The van der Waals surface area contributed by atoms with Crippen molar-refractivity contribution in [3.63, 3.8) is 0 Å². The van der Waals surface area contributed by atoms with E-state index in [4.69, 9.17) is 10.1 Å². The topological polar surface area (TPSA) is 38.1 Å². The second-order valence-corrected chi connectivity index (χ2v) is 5.46. The molecule has 0 spiro atoms. The van der Waals surface area contributed by atoms with Gasteiger partial charge in [-0.1, -0.05) is 42.5 Å². The van der Waals surface area contributed by atoms with Crippen LogP contribution in [0.1, 0.15) is 22.6 Å². The zero-order valence-electron chi connectivity index (χ0n) is 11.9. The van der Waals surface area contributed by atoms with E-state index in [2.05, 4.69) is 35.8 Å². The van der Waals surface area contributed by atoms with Gasteiger partial charge in [0.25, 0.3) is 0 Å². The summed E-state index contributed by atoms with van der Waals surface area (Å²) in [6.45, 7) is 2.19. The number of benzene rings is 2. The minimum Gasteiger partial charge on any atom is -0.392 e. The number of hydrogen-bond donors (Lipinski definition) is 1. The Morgan fingerprint density at radius 3 is 2.62 bits per heavy atom. The van der Waals surface area contributed by atoms with Crippen LogP contribution in [0.15, 0.2) is 48.5 Å². The summed E-state index contributed by atoms with van der Waals surface area (Å²) in [7, 11) is 0. The molecule has 0 aliphatic carbocycles. The van der Waals surface area contributed by atoms with Crippen LogP contribution in [-0.4, -0.2) is 14.7 Å². The normalized spacial score (nSPS) is 12.3. The Labute approximate surface area is 123 Å². The average Bonchev–Trinajstić information content (AvgIpc) is 3.04. The van der Waals surface area contributed by atoms with Crippen molar-refractivity contribution >= 4 is 0 Å². The van der Waals surface area contributed by atoms with Gasteiger partial charge in [0.15, 0.2) is 0 Å². The van der Waals surface area contributed by atoms with E-state index in [0.717, 1.165) is 29.1 Å². The number of aromatic nitrogens is 2. The highest BCUT2D eigenvalue weighted by Gasteiger charge is 2.23. The highest BCUT2D eigenvalue weighted by Crippen LogP contribution is 2.33. The molecule has 0 saturated heterocycles. The van der Waals surface area contributed by atoms with E-state index in [1.165, 1.54) is 16.9 Å². The molecule has 0 saturated carbocycles. The molecule has 0 radical (unpaired) electrons. The summed E-state index contributed by atoms with van der Waals surface area (Å²) in [6.07, 6.45) is 0.895. The number of fused-ring (bicyclic) bond motifs is 3. The van der Waals surface area contributed by atoms with Crippen molar-refractivity contribution in [1.29, 1.82) is 0 Å². The SMILES string of the molecule is Cc1c(-c2ccc(CO)cc2)nc2n1-c1ccccc1C2. The zero-order valence-corrected chi connectivity index (χ0v) is 11.9. The lowest BCUT2D eigenvalue weighted by Crippen LogP contribution is -1.95. The molecule has 1 aliphatic heterocycles. The van der Waals surface area contributed by atoms with Gasteiger partial charge >= 0.3 is 0 Å². The molecule has 0 unspecified atom stereocenters. The molecule has 1 N–H and O–H groups in total. The molecule has 1 aromatic heterocycles. The Bertz CT molecular complexity index is 816. The van der Waals surface area contributed by atoms with Crippen molar-refractivity contribution in [3.8, 4) is 16.9 Å². The van der Waals surface area contributed by atoms with E-state index in [1.54, 1.807) is 0 Å². The highest BCUT2D eigenvalue weighted by molar-refractivity contribution is 5.66. The molecule has 0 bridgehead atoms.